The van der Waals surface area contributed by atoms with E-state index in [0.29, 0.717) is 10.6 Å². The summed E-state index contributed by atoms with van der Waals surface area (Å²) in [6, 6.07) is 1.55. The van der Waals surface area contributed by atoms with Crippen LogP contribution in [0.15, 0.2) is 18.5 Å². The van der Waals surface area contributed by atoms with Crippen LogP contribution in [0, 0.1) is 0 Å². The van der Waals surface area contributed by atoms with Crippen LogP contribution in [0.2, 0.25) is 5.02 Å². The maximum Gasteiger partial charge on any atom is 0.255 e. The molecule has 0 spiro atoms. The highest BCUT2D eigenvalue weighted by Gasteiger charge is 2.13. The molecule has 0 fully saturated rings. The van der Waals surface area contributed by atoms with Crippen LogP contribution in [0.1, 0.15) is 10.4 Å². The molecule has 76 valence electrons. The number of hydrogen-bond acceptors (Lipinski definition) is 3. The molecule has 0 aliphatic heterocycles. The van der Waals surface area contributed by atoms with E-state index < -0.39 is 0 Å². The molecule has 0 aromatic carbocycles. The van der Waals surface area contributed by atoms with Gasteiger partial charge in [0.05, 0.1) is 17.2 Å². The topological polar surface area (TPSA) is 53.4 Å². The van der Waals surface area contributed by atoms with Crippen molar-refractivity contribution in [2.45, 2.75) is 0 Å². The average molecular weight is 215 g/mol. The Kier molecular flexibility index (Phi) is 3.85. The zero-order valence-electron chi connectivity index (χ0n) is 7.77. The van der Waals surface area contributed by atoms with E-state index in [1.165, 1.54) is 17.3 Å². The molecule has 0 unspecified atom stereocenters. The van der Waals surface area contributed by atoms with Gasteiger partial charge in [0.25, 0.3) is 5.91 Å². The Hall–Kier alpha value is -1.13. The number of aliphatic hydroxyl groups is 1. The molecule has 1 N–H and O–H groups in total. The number of halogens is 1. The summed E-state index contributed by atoms with van der Waals surface area (Å²) in [4.78, 5) is 16.8. The minimum absolute atomic E-state index is 0.0645. The Morgan fingerprint density at radius 3 is 3.00 bits per heavy atom. The molecule has 1 aromatic rings. The summed E-state index contributed by atoms with van der Waals surface area (Å²) in [5, 5.41) is 8.98. The van der Waals surface area contributed by atoms with Crippen molar-refractivity contribution in [3.63, 3.8) is 0 Å². The van der Waals surface area contributed by atoms with Gasteiger partial charge in [-0.1, -0.05) is 11.6 Å². The van der Waals surface area contributed by atoms with Gasteiger partial charge >= 0.3 is 0 Å². The van der Waals surface area contributed by atoms with Crippen LogP contribution in [-0.2, 0) is 0 Å². The maximum atomic E-state index is 11.7. The molecule has 1 aromatic heterocycles. The van der Waals surface area contributed by atoms with Crippen molar-refractivity contribution in [3.8, 4) is 0 Å². The van der Waals surface area contributed by atoms with Gasteiger partial charge in [-0.3, -0.25) is 9.78 Å². The van der Waals surface area contributed by atoms with E-state index in [1.54, 1.807) is 13.1 Å². The highest BCUT2D eigenvalue weighted by Crippen LogP contribution is 2.14. The SMILES string of the molecule is CN(CCO)C(=O)c1ccncc1Cl. The summed E-state index contributed by atoms with van der Waals surface area (Å²) in [6.45, 7) is 0.225. The molecule has 0 saturated carbocycles. The second-order valence-electron chi connectivity index (χ2n) is 2.81. The van der Waals surface area contributed by atoms with Gasteiger partial charge in [-0.15, -0.1) is 0 Å². The lowest BCUT2D eigenvalue weighted by Crippen LogP contribution is -2.29. The quantitative estimate of drug-likeness (QED) is 0.810. The summed E-state index contributed by atoms with van der Waals surface area (Å²) >= 11 is 5.79. The molecule has 0 radical (unpaired) electrons. The minimum atomic E-state index is -0.216. The van der Waals surface area contributed by atoms with Crippen molar-refractivity contribution in [3.05, 3.63) is 29.0 Å². The van der Waals surface area contributed by atoms with E-state index in [9.17, 15) is 4.79 Å². The first kappa shape index (κ1) is 10.9. The van der Waals surface area contributed by atoms with E-state index in [0.717, 1.165) is 0 Å². The fourth-order valence-electron chi connectivity index (χ4n) is 1.01. The van der Waals surface area contributed by atoms with Crippen LogP contribution in [0.3, 0.4) is 0 Å². The van der Waals surface area contributed by atoms with Gasteiger partial charge in [-0.05, 0) is 6.07 Å². The molecule has 1 rings (SSSR count). The fourth-order valence-corrected chi connectivity index (χ4v) is 1.21. The van der Waals surface area contributed by atoms with Gasteiger partial charge in [0.15, 0.2) is 0 Å². The Labute approximate surface area is 87.1 Å². The molecule has 0 aliphatic carbocycles. The average Bonchev–Trinajstić information content (AvgIpc) is 2.18. The van der Waals surface area contributed by atoms with E-state index in [1.807, 2.05) is 0 Å². The number of aliphatic hydroxyl groups excluding tert-OH is 1. The molecule has 0 atom stereocenters. The lowest BCUT2D eigenvalue weighted by molar-refractivity contribution is 0.0767. The Morgan fingerprint density at radius 1 is 1.71 bits per heavy atom. The number of aromatic nitrogens is 1. The standard InChI is InChI=1S/C9H11ClN2O2/c1-12(4-5-13)9(14)7-2-3-11-6-8(7)10/h2-3,6,13H,4-5H2,1H3. The Morgan fingerprint density at radius 2 is 2.43 bits per heavy atom. The summed E-state index contributed by atoms with van der Waals surface area (Å²) in [5.74, 6) is -0.216. The first-order valence-corrected chi connectivity index (χ1v) is 4.50. The molecule has 0 saturated heterocycles. The third-order valence-corrected chi connectivity index (χ3v) is 2.09. The van der Waals surface area contributed by atoms with Crippen molar-refractivity contribution in [2.24, 2.45) is 0 Å². The van der Waals surface area contributed by atoms with Crippen LogP contribution < -0.4 is 0 Å². The van der Waals surface area contributed by atoms with Crippen LogP contribution in [0.4, 0.5) is 0 Å². The summed E-state index contributed by atoms with van der Waals surface area (Å²) < 4.78 is 0. The number of rotatable bonds is 3. The number of nitrogens with zero attached hydrogens (tertiary/aromatic N) is 2. The lowest BCUT2D eigenvalue weighted by atomic mass is 10.2. The third-order valence-electron chi connectivity index (χ3n) is 1.78. The second kappa shape index (κ2) is 4.93. The van der Waals surface area contributed by atoms with Gasteiger partial charge in [0.2, 0.25) is 0 Å². The van der Waals surface area contributed by atoms with E-state index >= 15 is 0 Å². The van der Waals surface area contributed by atoms with Crippen molar-refractivity contribution >= 4 is 17.5 Å². The first-order chi connectivity index (χ1) is 6.66. The zero-order valence-corrected chi connectivity index (χ0v) is 8.53. The van der Waals surface area contributed by atoms with Crippen molar-refractivity contribution in [2.75, 3.05) is 20.2 Å². The number of likely N-dealkylation sites (N-methyl/N-ethyl adjacent to an activating group) is 1. The van der Waals surface area contributed by atoms with E-state index in [4.69, 9.17) is 16.7 Å². The monoisotopic (exact) mass is 214 g/mol. The normalized spacial score (nSPS) is 9.93. The van der Waals surface area contributed by atoms with Gasteiger partial charge in [0, 0.05) is 26.0 Å². The van der Waals surface area contributed by atoms with Gasteiger partial charge in [-0.25, -0.2) is 0 Å². The molecule has 0 bridgehead atoms. The number of carbonyl (C=O) groups excluding carboxylic acids is 1. The van der Waals surface area contributed by atoms with Crippen molar-refractivity contribution in [1.29, 1.82) is 0 Å². The smallest absolute Gasteiger partial charge is 0.255 e. The van der Waals surface area contributed by atoms with Crippen LogP contribution >= 0.6 is 11.6 Å². The van der Waals surface area contributed by atoms with Gasteiger partial charge < -0.3 is 10.0 Å². The Balaban J connectivity index is 2.84. The van der Waals surface area contributed by atoms with Crippen LogP contribution in [0.5, 0.6) is 0 Å². The molecule has 4 nitrogen and oxygen atoms in total. The Bertz CT molecular complexity index is 330. The second-order valence-corrected chi connectivity index (χ2v) is 3.21. The highest BCUT2D eigenvalue weighted by atomic mass is 35.5. The number of hydrogen-bond donors (Lipinski definition) is 1. The highest BCUT2D eigenvalue weighted by molar-refractivity contribution is 6.33. The summed E-state index contributed by atoms with van der Waals surface area (Å²) in [5.41, 5.74) is 0.401. The maximum absolute atomic E-state index is 11.7. The van der Waals surface area contributed by atoms with Gasteiger partial charge in [0.1, 0.15) is 0 Å². The van der Waals surface area contributed by atoms with Crippen molar-refractivity contribution in [1.82, 2.24) is 9.88 Å². The first-order valence-electron chi connectivity index (χ1n) is 4.12. The molecule has 14 heavy (non-hydrogen) atoms. The molecule has 0 aliphatic rings. The van der Waals surface area contributed by atoms with Crippen LogP contribution in [-0.4, -0.2) is 41.1 Å². The summed E-state index contributed by atoms with van der Waals surface area (Å²) in [6.07, 6.45) is 2.92. The number of pyridine rings is 1. The van der Waals surface area contributed by atoms with Gasteiger partial charge in [-0.2, -0.15) is 0 Å². The summed E-state index contributed by atoms with van der Waals surface area (Å²) in [7, 11) is 1.61. The third kappa shape index (κ3) is 2.43. The van der Waals surface area contributed by atoms with Crippen molar-refractivity contribution < 1.29 is 9.90 Å². The van der Waals surface area contributed by atoms with Crippen LogP contribution in [0.25, 0.3) is 0 Å². The number of carbonyl (C=O) groups is 1. The lowest BCUT2D eigenvalue weighted by Gasteiger charge is -2.15. The molecule has 1 amide bonds. The molecule has 5 heteroatoms. The van der Waals surface area contributed by atoms with E-state index in [2.05, 4.69) is 4.98 Å². The predicted molar refractivity (Wildman–Crippen MR) is 53.3 cm³/mol. The van der Waals surface area contributed by atoms with E-state index in [-0.39, 0.29) is 19.1 Å². The molecular weight excluding hydrogens is 204 g/mol. The molecule has 1 heterocycles. The fraction of sp³-hybridized carbons (Fsp3) is 0.333. The zero-order chi connectivity index (χ0) is 10.6. The predicted octanol–water partition coefficient (Wildman–Crippen LogP) is 0.799. The molecular formula is C9H11ClN2O2. The largest absolute Gasteiger partial charge is 0.395 e. The minimum Gasteiger partial charge on any atom is -0.395 e. The number of amides is 1.